The Kier molecular flexibility index (Phi) is 6.46. The molecule has 2 aromatic rings. The second kappa shape index (κ2) is 8.59. The lowest BCUT2D eigenvalue weighted by Gasteiger charge is -2.17. The number of nitrogens with zero attached hydrogens (tertiary/aromatic N) is 1. The van der Waals surface area contributed by atoms with Crippen molar-refractivity contribution in [1.82, 2.24) is 10.3 Å². The minimum Gasteiger partial charge on any atom is -0.349 e. The topological polar surface area (TPSA) is 42.0 Å². The summed E-state index contributed by atoms with van der Waals surface area (Å²) in [6.45, 7) is 4.17. The van der Waals surface area contributed by atoms with Crippen molar-refractivity contribution in [2.45, 2.75) is 32.1 Å². The van der Waals surface area contributed by atoms with Gasteiger partial charge in [-0.15, -0.1) is 11.8 Å². The van der Waals surface area contributed by atoms with E-state index < -0.39 is 0 Å². The van der Waals surface area contributed by atoms with Crippen LogP contribution in [0.5, 0.6) is 0 Å². The standard InChI is InChI=1S/C18H22N2OS/c1-3-17(15-9-6-10-19-11-15)20-18(21)13-22-12-16-8-5-4-7-14(16)2/h4-11,17H,3,12-13H2,1-2H3,(H,20,21). The molecule has 0 fully saturated rings. The number of hydrogen-bond donors (Lipinski definition) is 1. The fraction of sp³-hybridized carbons (Fsp3) is 0.333. The summed E-state index contributed by atoms with van der Waals surface area (Å²) in [4.78, 5) is 16.2. The number of carbonyl (C=O) groups is 1. The summed E-state index contributed by atoms with van der Waals surface area (Å²) in [5, 5.41) is 3.08. The van der Waals surface area contributed by atoms with Gasteiger partial charge in [0.25, 0.3) is 0 Å². The van der Waals surface area contributed by atoms with Crippen molar-refractivity contribution in [2.24, 2.45) is 0 Å². The summed E-state index contributed by atoms with van der Waals surface area (Å²) in [7, 11) is 0. The number of benzene rings is 1. The predicted octanol–water partition coefficient (Wildman–Crippen LogP) is 3.89. The molecule has 2 rings (SSSR count). The zero-order valence-electron chi connectivity index (χ0n) is 13.1. The number of amides is 1. The molecule has 0 aliphatic rings. The van der Waals surface area contributed by atoms with Crippen LogP contribution in [0.3, 0.4) is 0 Å². The van der Waals surface area contributed by atoms with Gasteiger partial charge in [0.15, 0.2) is 0 Å². The highest BCUT2D eigenvalue weighted by Crippen LogP contribution is 2.18. The summed E-state index contributed by atoms with van der Waals surface area (Å²) in [5.74, 6) is 1.42. The Bertz CT molecular complexity index is 601. The molecule has 1 unspecified atom stereocenters. The molecule has 116 valence electrons. The van der Waals surface area contributed by atoms with Gasteiger partial charge in [0.1, 0.15) is 0 Å². The highest BCUT2D eigenvalue weighted by molar-refractivity contribution is 7.99. The molecule has 4 heteroatoms. The highest BCUT2D eigenvalue weighted by atomic mass is 32.2. The van der Waals surface area contributed by atoms with Gasteiger partial charge in [-0.3, -0.25) is 9.78 Å². The van der Waals surface area contributed by atoms with Crippen LogP contribution in [-0.4, -0.2) is 16.6 Å². The summed E-state index contributed by atoms with van der Waals surface area (Å²) in [6, 6.07) is 12.2. The van der Waals surface area contributed by atoms with Gasteiger partial charge in [0, 0.05) is 18.1 Å². The average molecular weight is 314 g/mol. The molecule has 3 nitrogen and oxygen atoms in total. The molecular weight excluding hydrogens is 292 g/mol. The number of carbonyl (C=O) groups excluding carboxylic acids is 1. The van der Waals surface area contributed by atoms with Crippen LogP contribution in [0.25, 0.3) is 0 Å². The van der Waals surface area contributed by atoms with Gasteiger partial charge in [-0.1, -0.05) is 37.3 Å². The lowest BCUT2D eigenvalue weighted by atomic mass is 10.1. The molecule has 0 radical (unpaired) electrons. The Hall–Kier alpha value is -1.81. The Balaban J connectivity index is 1.81. The van der Waals surface area contributed by atoms with Gasteiger partial charge >= 0.3 is 0 Å². The maximum absolute atomic E-state index is 12.1. The molecule has 22 heavy (non-hydrogen) atoms. The number of rotatable bonds is 7. The minimum atomic E-state index is 0.0419. The van der Waals surface area contributed by atoms with Gasteiger partial charge in [-0.25, -0.2) is 0 Å². The maximum Gasteiger partial charge on any atom is 0.230 e. The summed E-state index contributed by atoms with van der Waals surface area (Å²) >= 11 is 1.65. The average Bonchev–Trinajstić information content (AvgIpc) is 2.55. The van der Waals surface area contributed by atoms with E-state index in [9.17, 15) is 4.79 Å². The molecular formula is C18H22N2OS. The molecule has 0 aliphatic carbocycles. The van der Waals surface area contributed by atoms with Gasteiger partial charge < -0.3 is 5.32 Å². The van der Waals surface area contributed by atoms with Gasteiger partial charge in [0.2, 0.25) is 5.91 Å². The first kappa shape index (κ1) is 16.6. The van der Waals surface area contributed by atoms with Gasteiger partial charge in [-0.2, -0.15) is 0 Å². The smallest absolute Gasteiger partial charge is 0.230 e. The second-order valence-electron chi connectivity index (χ2n) is 5.23. The van der Waals surface area contributed by atoms with Crippen LogP contribution in [0.15, 0.2) is 48.8 Å². The normalized spacial score (nSPS) is 11.9. The number of aryl methyl sites for hydroxylation is 1. The first-order valence-electron chi connectivity index (χ1n) is 7.52. The summed E-state index contributed by atoms with van der Waals surface area (Å²) in [5.41, 5.74) is 3.62. The Morgan fingerprint density at radius 1 is 1.27 bits per heavy atom. The van der Waals surface area contributed by atoms with Crippen molar-refractivity contribution in [1.29, 1.82) is 0 Å². The first-order valence-corrected chi connectivity index (χ1v) is 8.67. The monoisotopic (exact) mass is 314 g/mol. The molecule has 0 aliphatic heterocycles. The van der Waals surface area contributed by atoms with Crippen LogP contribution in [-0.2, 0) is 10.5 Å². The first-order chi connectivity index (χ1) is 10.7. The molecule has 1 heterocycles. The Morgan fingerprint density at radius 2 is 2.09 bits per heavy atom. The van der Waals surface area contributed by atoms with Crippen molar-refractivity contribution in [3.63, 3.8) is 0 Å². The quantitative estimate of drug-likeness (QED) is 0.843. The highest BCUT2D eigenvalue weighted by Gasteiger charge is 2.12. The van der Waals surface area contributed by atoms with Crippen LogP contribution in [0.4, 0.5) is 0 Å². The SMILES string of the molecule is CCC(NC(=O)CSCc1ccccc1C)c1cccnc1. The number of hydrogen-bond acceptors (Lipinski definition) is 3. The van der Waals surface area contributed by atoms with E-state index >= 15 is 0 Å². The molecule has 0 saturated carbocycles. The summed E-state index contributed by atoms with van der Waals surface area (Å²) in [6.07, 6.45) is 4.42. The van der Waals surface area contributed by atoms with E-state index in [0.29, 0.717) is 5.75 Å². The van der Waals surface area contributed by atoms with E-state index in [-0.39, 0.29) is 11.9 Å². The van der Waals surface area contributed by atoms with Crippen LogP contribution >= 0.6 is 11.8 Å². The molecule has 1 atom stereocenters. The van der Waals surface area contributed by atoms with Gasteiger partial charge in [0.05, 0.1) is 11.8 Å². The molecule has 0 saturated heterocycles. The van der Waals surface area contributed by atoms with Crippen molar-refractivity contribution < 1.29 is 4.79 Å². The van der Waals surface area contributed by atoms with E-state index in [1.54, 1.807) is 18.0 Å². The fourth-order valence-corrected chi connectivity index (χ4v) is 3.18. The van der Waals surface area contributed by atoms with Crippen molar-refractivity contribution in [3.8, 4) is 0 Å². The molecule has 1 aromatic heterocycles. The van der Waals surface area contributed by atoms with Crippen LogP contribution in [0, 0.1) is 6.92 Å². The minimum absolute atomic E-state index is 0.0419. The fourth-order valence-electron chi connectivity index (χ4n) is 2.26. The molecule has 0 bridgehead atoms. The third kappa shape index (κ3) is 4.88. The maximum atomic E-state index is 12.1. The zero-order valence-corrected chi connectivity index (χ0v) is 13.9. The number of thioether (sulfide) groups is 1. The molecule has 0 spiro atoms. The van der Waals surface area contributed by atoms with E-state index in [2.05, 4.69) is 36.3 Å². The van der Waals surface area contributed by atoms with Gasteiger partial charge in [-0.05, 0) is 36.1 Å². The largest absolute Gasteiger partial charge is 0.349 e. The molecule has 1 aromatic carbocycles. The van der Waals surface area contributed by atoms with Crippen LogP contribution in [0.2, 0.25) is 0 Å². The van der Waals surface area contributed by atoms with Crippen molar-refractivity contribution in [2.75, 3.05) is 5.75 Å². The van der Waals surface area contributed by atoms with E-state index in [1.165, 1.54) is 11.1 Å². The lowest BCUT2D eigenvalue weighted by Crippen LogP contribution is -2.29. The van der Waals surface area contributed by atoms with Crippen LogP contribution in [0.1, 0.15) is 36.1 Å². The number of nitrogens with one attached hydrogen (secondary N) is 1. The Morgan fingerprint density at radius 3 is 2.77 bits per heavy atom. The van der Waals surface area contributed by atoms with E-state index in [4.69, 9.17) is 0 Å². The van der Waals surface area contributed by atoms with E-state index in [1.807, 2.05) is 30.5 Å². The van der Waals surface area contributed by atoms with Crippen molar-refractivity contribution in [3.05, 3.63) is 65.5 Å². The molecule has 1 N–H and O–H groups in total. The number of aromatic nitrogens is 1. The van der Waals surface area contributed by atoms with E-state index in [0.717, 1.165) is 17.7 Å². The number of pyridine rings is 1. The van der Waals surface area contributed by atoms with Crippen LogP contribution < -0.4 is 5.32 Å². The molecule has 1 amide bonds. The summed E-state index contributed by atoms with van der Waals surface area (Å²) < 4.78 is 0. The lowest BCUT2D eigenvalue weighted by molar-refractivity contribution is -0.119. The third-order valence-electron chi connectivity index (χ3n) is 3.58. The second-order valence-corrected chi connectivity index (χ2v) is 6.22. The zero-order chi connectivity index (χ0) is 15.8. The third-order valence-corrected chi connectivity index (χ3v) is 4.56. The predicted molar refractivity (Wildman–Crippen MR) is 92.8 cm³/mol. The van der Waals surface area contributed by atoms with Crippen molar-refractivity contribution >= 4 is 17.7 Å². The Labute approximate surface area is 136 Å².